The van der Waals surface area contributed by atoms with E-state index in [9.17, 15) is 5.11 Å². The van der Waals surface area contributed by atoms with Crippen LogP contribution in [0.4, 0.5) is 5.69 Å². The smallest absolute Gasteiger partial charge is 0.146 e. The number of nitrogen functional groups attached to an aromatic ring is 1. The molecule has 0 aliphatic carbocycles. The van der Waals surface area contributed by atoms with Gasteiger partial charge in [0.05, 0.1) is 6.61 Å². The SMILES string of the molecule is CCC(C)COc1cccc(O)c1N. The lowest BCUT2D eigenvalue weighted by Gasteiger charge is -2.12. The van der Waals surface area contributed by atoms with E-state index in [4.69, 9.17) is 10.5 Å². The normalized spacial score (nSPS) is 12.4. The minimum absolute atomic E-state index is 0.0756. The Hall–Kier alpha value is -1.38. The van der Waals surface area contributed by atoms with Crippen LogP contribution in [0.2, 0.25) is 0 Å². The molecule has 1 aromatic carbocycles. The van der Waals surface area contributed by atoms with E-state index < -0.39 is 0 Å². The molecule has 0 spiro atoms. The highest BCUT2D eigenvalue weighted by molar-refractivity contribution is 5.61. The Morgan fingerprint density at radius 1 is 1.50 bits per heavy atom. The van der Waals surface area contributed by atoms with Crippen LogP contribution in [0.5, 0.6) is 11.5 Å². The van der Waals surface area contributed by atoms with Crippen LogP contribution in [-0.2, 0) is 0 Å². The number of nitrogens with two attached hydrogens (primary N) is 1. The first kappa shape index (κ1) is 10.7. The molecule has 0 heterocycles. The number of phenols is 1. The van der Waals surface area contributed by atoms with Gasteiger partial charge >= 0.3 is 0 Å². The Bertz CT molecular complexity index is 299. The predicted molar refractivity (Wildman–Crippen MR) is 57.5 cm³/mol. The second-order valence-corrected chi connectivity index (χ2v) is 3.51. The van der Waals surface area contributed by atoms with Gasteiger partial charge in [-0.3, -0.25) is 0 Å². The van der Waals surface area contributed by atoms with Gasteiger partial charge in [-0.05, 0) is 18.1 Å². The van der Waals surface area contributed by atoms with Gasteiger partial charge in [0.15, 0.2) is 0 Å². The Morgan fingerprint density at radius 3 is 2.86 bits per heavy atom. The molecule has 0 aliphatic rings. The van der Waals surface area contributed by atoms with E-state index in [2.05, 4.69) is 13.8 Å². The molecule has 0 aliphatic heterocycles. The highest BCUT2D eigenvalue weighted by atomic mass is 16.5. The topological polar surface area (TPSA) is 55.5 Å². The minimum Gasteiger partial charge on any atom is -0.506 e. The summed E-state index contributed by atoms with van der Waals surface area (Å²) in [5, 5.41) is 9.32. The van der Waals surface area contributed by atoms with Gasteiger partial charge in [-0.1, -0.05) is 26.3 Å². The molecule has 0 bridgehead atoms. The van der Waals surface area contributed by atoms with Crippen LogP contribution in [0.25, 0.3) is 0 Å². The van der Waals surface area contributed by atoms with Crippen LogP contribution >= 0.6 is 0 Å². The molecular weight excluding hydrogens is 178 g/mol. The van der Waals surface area contributed by atoms with Crippen molar-refractivity contribution in [3.8, 4) is 11.5 Å². The number of anilines is 1. The maximum atomic E-state index is 9.32. The Morgan fingerprint density at radius 2 is 2.21 bits per heavy atom. The number of hydrogen-bond donors (Lipinski definition) is 2. The zero-order valence-corrected chi connectivity index (χ0v) is 8.66. The van der Waals surface area contributed by atoms with Gasteiger partial charge in [0, 0.05) is 0 Å². The van der Waals surface area contributed by atoms with Crippen LogP contribution in [0.1, 0.15) is 20.3 Å². The summed E-state index contributed by atoms with van der Waals surface area (Å²) in [6, 6.07) is 5.03. The second kappa shape index (κ2) is 4.74. The molecule has 14 heavy (non-hydrogen) atoms. The molecule has 0 fully saturated rings. The van der Waals surface area contributed by atoms with Gasteiger partial charge in [-0.2, -0.15) is 0 Å². The zero-order valence-electron chi connectivity index (χ0n) is 8.66. The number of ether oxygens (including phenoxy) is 1. The van der Waals surface area contributed by atoms with Gasteiger partial charge in [-0.25, -0.2) is 0 Å². The van der Waals surface area contributed by atoms with E-state index in [1.54, 1.807) is 18.2 Å². The standard InChI is InChI=1S/C11H17NO2/c1-3-8(2)7-14-10-6-4-5-9(13)11(10)12/h4-6,8,13H,3,7,12H2,1-2H3. The lowest BCUT2D eigenvalue weighted by molar-refractivity contribution is 0.257. The molecule has 78 valence electrons. The second-order valence-electron chi connectivity index (χ2n) is 3.51. The molecular formula is C11H17NO2. The van der Waals surface area contributed by atoms with Crippen molar-refractivity contribution in [2.45, 2.75) is 20.3 Å². The minimum atomic E-state index is 0.0756. The monoisotopic (exact) mass is 195 g/mol. The van der Waals surface area contributed by atoms with Crippen LogP contribution in [0.15, 0.2) is 18.2 Å². The predicted octanol–water partition coefficient (Wildman–Crippen LogP) is 2.40. The maximum absolute atomic E-state index is 9.32. The van der Waals surface area contributed by atoms with Crippen LogP contribution in [0.3, 0.4) is 0 Å². The van der Waals surface area contributed by atoms with Crippen molar-refractivity contribution in [2.75, 3.05) is 12.3 Å². The van der Waals surface area contributed by atoms with E-state index >= 15 is 0 Å². The Labute approximate surface area is 84.5 Å². The summed E-state index contributed by atoms with van der Waals surface area (Å²) in [6.45, 7) is 4.85. The molecule has 0 radical (unpaired) electrons. The fraction of sp³-hybridized carbons (Fsp3) is 0.455. The quantitative estimate of drug-likeness (QED) is 0.573. The highest BCUT2D eigenvalue weighted by Gasteiger charge is 2.06. The van der Waals surface area contributed by atoms with E-state index in [1.807, 2.05) is 0 Å². The summed E-state index contributed by atoms with van der Waals surface area (Å²) in [4.78, 5) is 0. The average Bonchev–Trinajstić information content (AvgIpc) is 2.20. The van der Waals surface area contributed by atoms with Crippen molar-refractivity contribution in [3.63, 3.8) is 0 Å². The van der Waals surface area contributed by atoms with Crippen molar-refractivity contribution >= 4 is 5.69 Å². The number of rotatable bonds is 4. The van der Waals surface area contributed by atoms with E-state index in [0.717, 1.165) is 6.42 Å². The molecule has 3 N–H and O–H groups in total. The molecule has 1 unspecified atom stereocenters. The molecule has 1 atom stereocenters. The van der Waals surface area contributed by atoms with Crippen molar-refractivity contribution in [1.29, 1.82) is 0 Å². The van der Waals surface area contributed by atoms with Gasteiger partial charge in [-0.15, -0.1) is 0 Å². The first-order chi connectivity index (χ1) is 6.65. The summed E-state index contributed by atoms with van der Waals surface area (Å²) < 4.78 is 5.49. The van der Waals surface area contributed by atoms with Crippen LogP contribution in [-0.4, -0.2) is 11.7 Å². The van der Waals surface area contributed by atoms with Gasteiger partial charge in [0.1, 0.15) is 17.2 Å². The lowest BCUT2D eigenvalue weighted by Crippen LogP contribution is -2.08. The molecule has 0 saturated heterocycles. The molecule has 0 amide bonds. The molecule has 1 rings (SSSR count). The molecule has 0 aromatic heterocycles. The average molecular weight is 195 g/mol. The Kier molecular flexibility index (Phi) is 3.63. The highest BCUT2D eigenvalue weighted by Crippen LogP contribution is 2.30. The van der Waals surface area contributed by atoms with Crippen LogP contribution in [0, 0.1) is 5.92 Å². The molecule has 3 heteroatoms. The largest absolute Gasteiger partial charge is 0.506 e. The maximum Gasteiger partial charge on any atom is 0.146 e. The van der Waals surface area contributed by atoms with E-state index in [1.165, 1.54) is 0 Å². The third-order valence-corrected chi connectivity index (χ3v) is 2.26. The third-order valence-electron chi connectivity index (χ3n) is 2.26. The van der Waals surface area contributed by atoms with Crippen molar-refractivity contribution in [3.05, 3.63) is 18.2 Å². The fourth-order valence-electron chi connectivity index (χ4n) is 1.01. The number of para-hydroxylation sites is 1. The molecule has 0 saturated carbocycles. The van der Waals surface area contributed by atoms with Crippen molar-refractivity contribution in [1.82, 2.24) is 0 Å². The zero-order chi connectivity index (χ0) is 10.6. The summed E-state index contributed by atoms with van der Waals surface area (Å²) in [5.41, 5.74) is 5.95. The van der Waals surface area contributed by atoms with Crippen molar-refractivity contribution in [2.24, 2.45) is 5.92 Å². The number of benzene rings is 1. The Balaban J connectivity index is 2.63. The summed E-state index contributed by atoms with van der Waals surface area (Å²) in [5.74, 6) is 1.13. The van der Waals surface area contributed by atoms with E-state index in [0.29, 0.717) is 24.0 Å². The first-order valence-corrected chi connectivity index (χ1v) is 4.85. The van der Waals surface area contributed by atoms with Gasteiger partial charge < -0.3 is 15.6 Å². The summed E-state index contributed by atoms with van der Waals surface area (Å²) in [6.07, 6.45) is 1.07. The van der Waals surface area contributed by atoms with Crippen molar-refractivity contribution < 1.29 is 9.84 Å². The first-order valence-electron chi connectivity index (χ1n) is 4.85. The van der Waals surface area contributed by atoms with Crippen LogP contribution < -0.4 is 10.5 Å². The lowest BCUT2D eigenvalue weighted by atomic mass is 10.1. The van der Waals surface area contributed by atoms with Gasteiger partial charge in [0.2, 0.25) is 0 Å². The van der Waals surface area contributed by atoms with E-state index in [-0.39, 0.29) is 5.75 Å². The number of aromatic hydroxyl groups is 1. The molecule has 3 nitrogen and oxygen atoms in total. The molecule has 1 aromatic rings. The number of hydrogen-bond acceptors (Lipinski definition) is 3. The fourth-order valence-corrected chi connectivity index (χ4v) is 1.01. The summed E-state index contributed by atoms with van der Waals surface area (Å²) >= 11 is 0. The summed E-state index contributed by atoms with van der Waals surface area (Å²) in [7, 11) is 0. The number of phenolic OH excluding ortho intramolecular Hbond substituents is 1. The van der Waals surface area contributed by atoms with Gasteiger partial charge in [0.25, 0.3) is 0 Å². The third kappa shape index (κ3) is 2.55.